The van der Waals surface area contributed by atoms with Crippen LogP contribution in [0.4, 0.5) is 4.79 Å². The van der Waals surface area contributed by atoms with E-state index < -0.39 is 12.0 Å². The SMILES string of the molecule is CC(C)NC(=O)N1C(C(=O)O)CSC1C(C)C. The summed E-state index contributed by atoms with van der Waals surface area (Å²) in [5.41, 5.74) is 0. The molecule has 1 aliphatic heterocycles. The Kier molecular flexibility index (Phi) is 4.68. The summed E-state index contributed by atoms with van der Waals surface area (Å²) >= 11 is 1.53. The molecule has 98 valence electrons. The Morgan fingerprint density at radius 1 is 1.35 bits per heavy atom. The van der Waals surface area contributed by atoms with Crippen LogP contribution in [0, 0.1) is 5.92 Å². The maximum absolute atomic E-state index is 12.0. The van der Waals surface area contributed by atoms with Gasteiger partial charge in [-0.1, -0.05) is 13.8 Å². The number of carboxylic acid groups (broad SMARTS) is 1. The van der Waals surface area contributed by atoms with Crippen LogP contribution in [0.5, 0.6) is 0 Å². The molecule has 2 N–H and O–H groups in total. The number of rotatable bonds is 3. The zero-order valence-corrected chi connectivity index (χ0v) is 11.5. The van der Waals surface area contributed by atoms with Crippen LogP contribution in [0.1, 0.15) is 27.7 Å². The van der Waals surface area contributed by atoms with E-state index in [1.165, 1.54) is 16.7 Å². The Morgan fingerprint density at radius 2 is 1.94 bits per heavy atom. The standard InChI is InChI=1S/C11H20N2O3S/c1-6(2)9-13(11(16)12-7(3)4)8(5-17-9)10(14)15/h6-9H,5H2,1-4H3,(H,12,16)(H,14,15). The van der Waals surface area contributed by atoms with Crippen molar-refractivity contribution in [1.29, 1.82) is 0 Å². The normalized spacial score (nSPS) is 24.5. The van der Waals surface area contributed by atoms with E-state index in [0.717, 1.165) is 0 Å². The molecule has 0 spiro atoms. The summed E-state index contributed by atoms with van der Waals surface area (Å²) in [6.07, 6.45) is 0. The van der Waals surface area contributed by atoms with E-state index >= 15 is 0 Å². The first-order chi connectivity index (χ1) is 7.84. The molecule has 0 aromatic heterocycles. The first kappa shape index (κ1) is 14.2. The smallest absolute Gasteiger partial charge is 0.327 e. The van der Waals surface area contributed by atoms with E-state index in [-0.39, 0.29) is 23.4 Å². The van der Waals surface area contributed by atoms with Gasteiger partial charge in [0.05, 0.1) is 5.37 Å². The van der Waals surface area contributed by atoms with Gasteiger partial charge >= 0.3 is 12.0 Å². The van der Waals surface area contributed by atoms with Crippen molar-refractivity contribution in [3.8, 4) is 0 Å². The lowest BCUT2D eigenvalue weighted by Crippen LogP contribution is -2.52. The number of hydrogen-bond acceptors (Lipinski definition) is 3. The fourth-order valence-electron chi connectivity index (χ4n) is 1.81. The van der Waals surface area contributed by atoms with E-state index in [2.05, 4.69) is 5.32 Å². The molecule has 1 saturated heterocycles. The van der Waals surface area contributed by atoms with Crippen molar-refractivity contribution in [1.82, 2.24) is 10.2 Å². The molecule has 6 heteroatoms. The quantitative estimate of drug-likeness (QED) is 0.808. The fraction of sp³-hybridized carbons (Fsp3) is 0.818. The lowest BCUT2D eigenvalue weighted by molar-refractivity contribution is -0.141. The summed E-state index contributed by atoms with van der Waals surface area (Å²) in [7, 11) is 0. The topological polar surface area (TPSA) is 69.6 Å². The molecule has 0 radical (unpaired) electrons. The predicted molar refractivity (Wildman–Crippen MR) is 68.0 cm³/mol. The van der Waals surface area contributed by atoms with Crippen LogP contribution in [0.3, 0.4) is 0 Å². The Labute approximate surface area is 106 Å². The maximum Gasteiger partial charge on any atom is 0.327 e. The number of carbonyl (C=O) groups is 2. The van der Waals surface area contributed by atoms with Gasteiger partial charge in [-0.2, -0.15) is 0 Å². The highest BCUT2D eigenvalue weighted by atomic mass is 32.2. The van der Waals surface area contributed by atoms with E-state index in [0.29, 0.717) is 5.75 Å². The monoisotopic (exact) mass is 260 g/mol. The van der Waals surface area contributed by atoms with Crippen molar-refractivity contribution in [2.75, 3.05) is 5.75 Å². The lowest BCUT2D eigenvalue weighted by atomic mass is 10.1. The molecule has 0 aliphatic carbocycles. The van der Waals surface area contributed by atoms with E-state index in [1.807, 2.05) is 27.7 Å². The summed E-state index contributed by atoms with van der Waals surface area (Å²) in [5.74, 6) is -0.231. The van der Waals surface area contributed by atoms with Crippen molar-refractivity contribution in [3.05, 3.63) is 0 Å². The van der Waals surface area contributed by atoms with Crippen LogP contribution in [0.15, 0.2) is 0 Å². The summed E-state index contributed by atoms with van der Waals surface area (Å²) in [6, 6.07) is -0.988. The molecule has 1 heterocycles. The van der Waals surface area contributed by atoms with Crippen LogP contribution in [-0.4, -0.2) is 45.2 Å². The van der Waals surface area contributed by atoms with Gasteiger partial charge in [-0.3, -0.25) is 4.90 Å². The van der Waals surface area contributed by atoms with Crippen LogP contribution < -0.4 is 5.32 Å². The number of thioether (sulfide) groups is 1. The second-order valence-corrected chi connectivity index (χ2v) is 5.98. The van der Waals surface area contributed by atoms with Crippen molar-refractivity contribution in [3.63, 3.8) is 0 Å². The van der Waals surface area contributed by atoms with Gasteiger partial charge in [0.25, 0.3) is 0 Å². The molecule has 1 aliphatic rings. The van der Waals surface area contributed by atoms with Crippen LogP contribution in [0.2, 0.25) is 0 Å². The third kappa shape index (κ3) is 3.28. The van der Waals surface area contributed by atoms with Crippen LogP contribution in [0.25, 0.3) is 0 Å². The number of nitrogens with one attached hydrogen (secondary N) is 1. The Balaban J connectivity index is 2.85. The zero-order valence-electron chi connectivity index (χ0n) is 10.6. The average Bonchev–Trinajstić information content (AvgIpc) is 2.59. The molecule has 0 bridgehead atoms. The second-order valence-electron chi connectivity index (χ2n) is 4.83. The highest BCUT2D eigenvalue weighted by molar-refractivity contribution is 8.00. The molecule has 2 amide bonds. The van der Waals surface area contributed by atoms with E-state index in [4.69, 9.17) is 5.11 Å². The number of hydrogen-bond donors (Lipinski definition) is 2. The zero-order chi connectivity index (χ0) is 13.2. The average molecular weight is 260 g/mol. The first-order valence-electron chi connectivity index (χ1n) is 5.77. The molecule has 0 aromatic carbocycles. The Morgan fingerprint density at radius 3 is 2.35 bits per heavy atom. The van der Waals surface area contributed by atoms with Gasteiger partial charge in [0.15, 0.2) is 0 Å². The van der Waals surface area contributed by atoms with Crippen molar-refractivity contribution >= 4 is 23.8 Å². The van der Waals surface area contributed by atoms with Gasteiger partial charge in [0.2, 0.25) is 0 Å². The fourth-order valence-corrected chi connectivity index (χ4v) is 3.28. The minimum Gasteiger partial charge on any atom is -0.480 e. The summed E-state index contributed by atoms with van der Waals surface area (Å²) < 4.78 is 0. The number of carbonyl (C=O) groups excluding carboxylic acids is 1. The number of urea groups is 1. The molecule has 2 unspecified atom stereocenters. The van der Waals surface area contributed by atoms with Gasteiger partial charge in [-0.15, -0.1) is 11.8 Å². The lowest BCUT2D eigenvalue weighted by Gasteiger charge is -2.30. The molecular formula is C11H20N2O3S. The first-order valence-corrected chi connectivity index (χ1v) is 6.82. The summed E-state index contributed by atoms with van der Waals surface area (Å²) in [6.45, 7) is 7.72. The molecular weight excluding hydrogens is 240 g/mol. The molecule has 0 aromatic rings. The Hall–Kier alpha value is -0.910. The number of aliphatic carboxylic acids is 1. The Bertz CT molecular complexity index is 307. The third-order valence-corrected chi connectivity index (χ3v) is 4.16. The van der Waals surface area contributed by atoms with Gasteiger partial charge in [-0.05, 0) is 19.8 Å². The number of carboxylic acids is 1. The van der Waals surface area contributed by atoms with Crippen molar-refractivity contribution < 1.29 is 14.7 Å². The third-order valence-electron chi connectivity index (χ3n) is 2.54. The van der Waals surface area contributed by atoms with E-state index in [1.54, 1.807) is 0 Å². The van der Waals surface area contributed by atoms with Crippen molar-refractivity contribution in [2.45, 2.75) is 45.2 Å². The van der Waals surface area contributed by atoms with Crippen LogP contribution in [-0.2, 0) is 4.79 Å². The van der Waals surface area contributed by atoms with Gasteiger partial charge < -0.3 is 10.4 Å². The van der Waals surface area contributed by atoms with Crippen molar-refractivity contribution in [2.24, 2.45) is 5.92 Å². The summed E-state index contributed by atoms with van der Waals surface area (Å²) in [5, 5.41) is 11.8. The minimum atomic E-state index is -0.931. The van der Waals surface area contributed by atoms with Crippen LogP contribution >= 0.6 is 11.8 Å². The molecule has 1 rings (SSSR count). The maximum atomic E-state index is 12.0. The molecule has 17 heavy (non-hydrogen) atoms. The molecule has 5 nitrogen and oxygen atoms in total. The van der Waals surface area contributed by atoms with Gasteiger partial charge in [0.1, 0.15) is 6.04 Å². The van der Waals surface area contributed by atoms with E-state index in [9.17, 15) is 9.59 Å². The molecule has 2 atom stereocenters. The summed E-state index contributed by atoms with van der Waals surface area (Å²) in [4.78, 5) is 24.6. The second kappa shape index (κ2) is 5.62. The largest absolute Gasteiger partial charge is 0.480 e. The molecule has 1 fully saturated rings. The predicted octanol–water partition coefficient (Wildman–Crippen LogP) is 1.59. The number of amides is 2. The van der Waals surface area contributed by atoms with Gasteiger partial charge in [-0.25, -0.2) is 9.59 Å². The minimum absolute atomic E-state index is 0.00959. The highest BCUT2D eigenvalue weighted by Gasteiger charge is 2.42. The highest BCUT2D eigenvalue weighted by Crippen LogP contribution is 2.34. The molecule has 0 saturated carbocycles. The number of nitrogens with zero attached hydrogens (tertiary/aromatic N) is 1. The van der Waals surface area contributed by atoms with Gasteiger partial charge in [0, 0.05) is 11.8 Å².